The van der Waals surface area contributed by atoms with Crippen LogP contribution in [0.15, 0.2) is 0 Å². The molecule has 3 heterocycles. The fourth-order valence-corrected chi connectivity index (χ4v) is 7.32. The maximum absolute atomic E-state index is 13.6. The van der Waals surface area contributed by atoms with Gasteiger partial charge in [0.15, 0.2) is 12.2 Å². The van der Waals surface area contributed by atoms with Gasteiger partial charge in [0.2, 0.25) is 17.7 Å². The first kappa shape index (κ1) is 38.6. The lowest BCUT2D eigenvalue weighted by molar-refractivity contribution is -0.169. The molecule has 0 radical (unpaired) electrons. The molecule has 9 unspecified atom stereocenters. The Labute approximate surface area is 279 Å². The number of hydrogen-bond acceptors (Lipinski definition) is 9. The van der Waals surface area contributed by atoms with Crippen molar-refractivity contribution in [3.63, 3.8) is 0 Å². The van der Waals surface area contributed by atoms with E-state index in [2.05, 4.69) is 33.5 Å². The lowest BCUT2D eigenvalue weighted by atomic mass is 9.76. The van der Waals surface area contributed by atoms with Gasteiger partial charge in [0.1, 0.15) is 6.10 Å². The zero-order valence-corrected chi connectivity index (χ0v) is 29.6. The Bertz CT molecular complexity index is 1140. The second-order valence-corrected chi connectivity index (χ2v) is 14.1. The van der Waals surface area contributed by atoms with Crippen LogP contribution >= 0.6 is 0 Å². The van der Waals surface area contributed by atoms with E-state index in [0.29, 0.717) is 0 Å². The Morgan fingerprint density at radius 2 is 0.915 bits per heavy atom. The molecule has 0 aromatic carbocycles. The largest absolute Gasteiger partial charge is 0.363 e. The third-order valence-corrected chi connectivity index (χ3v) is 11.3. The van der Waals surface area contributed by atoms with E-state index in [-0.39, 0.29) is 96.7 Å². The summed E-state index contributed by atoms with van der Waals surface area (Å²) in [6.07, 6.45) is -3.85. The number of ether oxygens (including phenoxy) is 3. The highest BCUT2D eigenvalue weighted by Crippen LogP contribution is 2.36. The van der Waals surface area contributed by atoms with Gasteiger partial charge in [0, 0.05) is 40.5 Å². The molecule has 0 spiro atoms. The van der Waals surface area contributed by atoms with Crippen LogP contribution < -0.4 is 32.3 Å². The van der Waals surface area contributed by atoms with Crippen molar-refractivity contribution in [3.8, 4) is 0 Å². The number of nitrogens with one attached hydrogen (secondary N) is 5. The van der Waals surface area contributed by atoms with Gasteiger partial charge in [-0.2, -0.15) is 0 Å². The first-order chi connectivity index (χ1) is 22.0. The summed E-state index contributed by atoms with van der Waals surface area (Å²) in [7, 11) is 1.51. The molecule has 0 aromatic rings. The molecule has 15 atom stereocenters. The fourth-order valence-electron chi connectivity index (χ4n) is 7.32. The van der Waals surface area contributed by atoms with Crippen molar-refractivity contribution < 1.29 is 38.2 Å². The molecule has 14 heteroatoms. The average molecular weight is 667 g/mol. The summed E-state index contributed by atoms with van der Waals surface area (Å²) in [4.78, 5) is 63.6. The Morgan fingerprint density at radius 3 is 1.36 bits per heavy atom. The summed E-state index contributed by atoms with van der Waals surface area (Å²) in [6, 6.07) is -1.02. The standard InChI is InChI=1S/C33H58N6O8/c1-14-15(2)24(12-37-33(44)30-27(39-22(9)41)18(5)16(3)23(11-34)45-30)46-28(20(14)7)32(43)36-13-25-17(4)19(6)26(38-21(8)40)29(47-25)31(42)35-10/h14-20,23-30H,11-13,34H2,1-10H3,(H,35,42)(H,36,43)(H,37,44)(H,38,40)(H,39,41)/t14?,15?,16?,17?,18?,19?,20?,23-,24-,25-,26?,27?,28-,29-,30-/m1/s1. The van der Waals surface area contributed by atoms with Crippen LogP contribution in [0.3, 0.4) is 0 Å². The summed E-state index contributed by atoms with van der Waals surface area (Å²) in [6.45, 7) is 17.4. The van der Waals surface area contributed by atoms with Gasteiger partial charge in [-0.05, 0) is 41.4 Å². The zero-order valence-electron chi connectivity index (χ0n) is 29.6. The van der Waals surface area contributed by atoms with Crippen molar-refractivity contribution in [1.82, 2.24) is 26.6 Å². The number of nitrogens with two attached hydrogens (primary N) is 1. The molecule has 7 N–H and O–H groups in total. The van der Waals surface area contributed by atoms with Gasteiger partial charge < -0.3 is 46.5 Å². The number of carbonyl (C=O) groups is 5. The molecule has 268 valence electrons. The highest BCUT2D eigenvalue weighted by molar-refractivity contribution is 5.84. The van der Waals surface area contributed by atoms with Crippen molar-refractivity contribution >= 4 is 29.5 Å². The fraction of sp³-hybridized carbons (Fsp3) is 0.848. The maximum Gasteiger partial charge on any atom is 0.251 e. The quantitative estimate of drug-likeness (QED) is 0.181. The van der Waals surface area contributed by atoms with E-state index in [9.17, 15) is 24.0 Å². The first-order valence-corrected chi connectivity index (χ1v) is 17.0. The van der Waals surface area contributed by atoms with E-state index in [1.54, 1.807) is 0 Å². The number of likely N-dealkylation sites (N-methyl/N-ethyl adjacent to an activating group) is 1. The van der Waals surface area contributed by atoms with Gasteiger partial charge in [-0.3, -0.25) is 24.0 Å². The van der Waals surface area contributed by atoms with E-state index >= 15 is 0 Å². The summed E-state index contributed by atoms with van der Waals surface area (Å²) in [5, 5.41) is 14.3. The molecule has 5 amide bonds. The molecular formula is C33H58N6O8. The van der Waals surface area contributed by atoms with Crippen LogP contribution in [0.4, 0.5) is 0 Å². The zero-order chi connectivity index (χ0) is 35.3. The molecule has 14 nitrogen and oxygen atoms in total. The Hall–Kier alpha value is -2.81. The van der Waals surface area contributed by atoms with Gasteiger partial charge in [0.25, 0.3) is 11.8 Å². The van der Waals surface area contributed by atoms with Crippen molar-refractivity contribution in [2.45, 2.75) is 111 Å². The minimum absolute atomic E-state index is 0.0325. The third-order valence-electron chi connectivity index (χ3n) is 11.3. The summed E-state index contributed by atoms with van der Waals surface area (Å²) >= 11 is 0. The van der Waals surface area contributed by atoms with Crippen LogP contribution in [0, 0.1) is 41.4 Å². The van der Waals surface area contributed by atoms with Gasteiger partial charge in [0.05, 0.1) is 30.4 Å². The van der Waals surface area contributed by atoms with Crippen molar-refractivity contribution in [2.75, 3.05) is 26.7 Å². The molecule has 0 bridgehead atoms. The molecule has 3 fully saturated rings. The topological polar surface area (TPSA) is 199 Å². The van der Waals surface area contributed by atoms with Crippen LogP contribution in [0.5, 0.6) is 0 Å². The van der Waals surface area contributed by atoms with Crippen molar-refractivity contribution in [3.05, 3.63) is 0 Å². The van der Waals surface area contributed by atoms with Gasteiger partial charge in [-0.1, -0.05) is 48.5 Å². The average Bonchev–Trinajstić information content (AvgIpc) is 3.02. The van der Waals surface area contributed by atoms with E-state index in [0.717, 1.165) is 0 Å². The highest BCUT2D eigenvalue weighted by Gasteiger charge is 2.48. The Kier molecular flexibility index (Phi) is 13.6. The first-order valence-electron chi connectivity index (χ1n) is 17.0. The van der Waals surface area contributed by atoms with Gasteiger partial charge in [-0.25, -0.2) is 0 Å². The molecule has 3 rings (SSSR count). The van der Waals surface area contributed by atoms with Crippen molar-refractivity contribution in [1.29, 1.82) is 0 Å². The smallest absolute Gasteiger partial charge is 0.251 e. The SMILES string of the molecule is CNC(=O)[C@@H]1O[C@H](CNC(=O)[C@@H]2O[C@H](CNC(=O)[C@@H]3O[C@H](CN)C(C)C(C)C3NC(C)=O)C(C)C(C)C2C)C(C)C(C)C1NC(C)=O. The highest BCUT2D eigenvalue weighted by atomic mass is 16.5. The number of carbonyl (C=O) groups excluding carboxylic acids is 5. The lowest BCUT2D eigenvalue weighted by Gasteiger charge is -2.45. The lowest BCUT2D eigenvalue weighted by Crippen LogP contribution is -2.63. The summed E-state index contributed by atoms with van der Waals surface area (Å²) < 4.78 is 18.6. The predicted octanol–water partition coefficient (Wildman–Crippen LogP) is -0.312. The number of hydrogen-bond donors (Lipinski definition) is 6. The number of rotatable bonds is 10. The summed E-state index contributed by atoms with van der Waals surface area (Å²) in [5.74, 6) is -1.67. The molecular weight excluding hydrogens is 608 g/mol. The second-order valence-electron chi connectivity index (χ2n) is 14.1. The molecule has 3 saturated heterocycles. The number of amides is 5. The van der Waals surface area contributed by atoms with Crippen molar-refractivity contribution in [2.24, 2.45) is 47.2 Å². The summed E-state index contributed by atoms with van der Waals surface area (Å²) in [5.41, 5.74) is 5.94. The minimum Gasteiger partial charge on any atom is -0.363 e. The van der Waals surface area contributed by atoms with Crippen LogP contribution in [0.2, 0.25) is 0 Å². The maximum atomic E-state index is 13.6. The minimum atomic E-state index is -0.920. The predicted molar refractivity (Wildman–Crippen MR) is 174 cm³/mol. The normalized spacial score (nSPS) is 40.4. The van der Waals surface area contributed by atoms with E-state index in [4.69, 9.17) is 19.9 Å². The van der Waals surface area contributed by atoms with Crippen LogP contribution in [-0.4, -0.2) is 105 Å². The monoisotopic (exact) mass is 666 g/mol. The van der Waals surface area contributed by atoms with Crippen LogP contribution in [-0.2, 0) is 38.2 Å². The van der Waals surface area contributed by atoms with Gasteiger partial charge in [-0.15, -0.1) is 0 Å². The molecule has 0 aliphatic carbocycles. The van der Waals surface area contributed by atoms with Crippen LogP contribution in [0.1, 0.15) is 62.3 Å². The third kappa shape index (κ3) is 8.81. The molecule has 0 saturated carbocycles. The van der Waals surface area contributed by atoms with Gasteiger partial charge >= 0.3 is 0 Å². The van der Waals surface area contributed by atoms with E-state index < -0.39 is 42.6 Å². The van der Waals surface area contributed by atoms with Crippen LogP contribution in [0.25, 0.3) is 0 Å². The molecule has 0 aromatic heterocycles. The molecule has 3 aliphatic heterocycles. The van der Waals surface area contributed by atoms with E-state index in [1.165, 1.54) is 20.9 Å². The van der Waals surface area contributed by atoms with E-state index in [1.807, 2.05) is 41.5 Å². The molecule has 3 aliphatic rings. The Morgan fingerprint density at radius 1 is 0.532 bits per heavy atom. The second kappa shape index (κ2) is 16.5. The molecule has 47 heavy (non-hydrogen) atoms. The Balaban J connectivity index is 1.67.